The molecule has 0 rings (SSSR count). The minimum absolute atomic E-state index is 0.155. The standard InChI is InChI=1S/C9H16O6/c1-4-14-9(15-5-2,6-7(10)11)8(12)13-3/h4-6H2,1-3H3,(H,10,11). The molecular weight excluding hydrogens is 204 g/mol. The Labute approximate surface area is 88.1 Å². The van der Waals surface area contributed by atoms with Gasteiger partial charge in [-0.1, -0.05) is 0 Å². The molecular formula is C9H16O6. The summed E-state index contributed by atoms with van der Waals surface area (Å²) < 4.78 is 14.6. The molecule has 6 heteroatoms. The summed E-state index contributed by atoms with van der Waals surface area (Å²) in [5.41, 5.74) is 0. The Morgan fingerprint density at radius 1 is 1.20 bits per heavy atom. The van der Waals surface area contributed by atoms with E-state index in [-0.39, 0.29) is 13.2 Å². The Hall–Kier alpha value is -1.14. The molecule has 0 bridgehead atoms. The predicted molar refractivity (Wildman–Crippen MR) is 50.3 cm³/mol. The molecule has 1 N–H and O–H groups in total. The van der Waals surface area contributed by atoms with Gasteiger partial charge in [0, 0.05) is 13.2 Å². The predicted octanol–water partition coefficient (Wildman–Crippen LogP) is 0.403. The van der Waals surface area contributed by atoms with Gasteiger partial charge in [-0.15, -0.1) is 0 Å². The van der Waals surface area contributed by atoms with Gasteiger partial charge in [-0.2, -0.15) is 0 Å². The van der Waals surface area contributed by atoms with Crippen molar-refractivity contribution in [3.8, 4) is 0 Å². The minimum atomic E-state index is -1.83. The Bertz CT molecular complexity index is 219. The molecule has 0 aliphatic rings. The number of methoxy groups -OCH3 is 1. The smallest absolute Gasteiger partial charge is 0.367 e. The number of rotatable bonds is 7. The molecule has 0 aliphatic heterocycles. The maximum atomic E-state index is 11.4. The molecule has 0 radical (unpaired) electrons. The summed E-state index contributed by atoms with van der Waals surface area (Å²) in [7, 11) is 1.15. The summed E-state index contributed by atoms with van der Waals surface area (Å²) in [4.78, 5) is 22.0. The molecule has 0 heterocycles. The Morgan fingerprint density at radius 2 is 1.67 bits per heavy atom. The maximum Gasteiger partial charge on any atom is 0.367 e. The second-order valence-electron chi connectivity index (χ2n) is 2.68. The van der Waals surface area contributed by atoms with E-state index in [1.807, 2.05) is 0 Å². The van der Waals surface area contributed by atoms with Crippen molar-refractivity contribution in [2.24, 2.45) is 0 Å². The molecule has 0 saturated carbocycles. The van der Waals surface area contributed by atoms with Crippen LogP contribution in [-0.2, 0) is 23.8 Å². The van der Waals surface area contributed by atoms with E-state index in [9.17, 15) is 9.59 Å². The summed E-state index contributed by atoms with van der Waals surface area (Å²) in [5.74, 6) is -3.86. The Balaban J connectivity index is 4.86. The van der Waals surface area contributed by atoms with Gasteiger partial charge in [0.2, 0.25) is 0 Å². The normalized spacial score (nSPS) is 11.1. The van der Waals surface area contributed by atoms with Crippen molar-refractivity contribution in [1.29, 1.82) is 0 Å². The topological polar surface area (TPSA) is 82.1 Å². The highest BCUT2D eigenvalue weighted by Crippen LogP contribution is 2.20. The third kappa shape index (κ3) is 3.85. The van der Waals surface area contributed by atoms with Gasteiger partial charge in [-0.3, -0.25) is 4.79 Å². The van der Waals surface area contributed by atoms with Crippen molar-refractivity contribution in [2.75, 3.05) is 20.3 Å². The fourth-order valence-electron chi connectivity index (χ4n) is 1.15. The highest BCUT2D eigenvalue weighted by molar-refractivity contribution is 5.83. The average molecular weight is 220 g/mol. The lowest BCUT2D eigenvalue weighted by atomic mass is 10.2. The van der Waals surface area contributed by atoms with Gasteiger partial charge in [0.15, 0.2) is 0 Å². The second-order valence-corrected chi connectivity index (χ2v) is 2.68. The fraction of sp³-hybridized carbons (Fsp3) is 0.778. The van der Waals surface area contributed by atoms with Crippen LogP contribution in [0.25, 0.3) is 0 Å². The summed E-state index contributed by atoms with van der Waals surface area (Å²) in [6.45, 7) is 3.59. The summed E-state index contributed by atoms with van der Waals surface area (Å²) in [6.07, 6.45) is -0.582. The van der Waals surface area contributed by atoms with Crippen molar-refractivity contribution in [2.45, 2.75) is 26.1 Å². The Morgan fingerprint density at radius 3 is 1.93 bits per heavy atom. The van der Waals surface area contributed by atoms with Crippen LogP contribution in [0.1, 0.15) is 20.3 Å². The van der Waals surface area contributed by atoms with Gasteiger partial charge in [0.25, 0.3) is 5.79 Å². The van der Waals surface area contributed by atoms with Gasteiger partial charge in [0.05, 0.1) is 7.11 Å². The number of carboxylic acid groups (broad SMARTS) is 1. The van der Waals surface area contributed by atoms with E-state index in [4.69, 9.17) is 14.6 Å². The first-order valence-corrected chi connectivity index (χ1v) is 4.60. The van der Waals surface area contributed by atoms with E-state index in [2.05, 4.69) is 4.74 Å². The number of hydrogen-bond acceptors (Lipinski definition) is 5. The van der Waals surface area contributed by atoms with E-state index in [1.165, 1.54) is 0 Å². The fourth-order valence-corrected chi connectivity index (χ4v) is 1.15. The van der Waals surface area contributed by atoms with E-state index in [0.29, 0.717) is 0 Å². The summed E-state index contributed by atoms with van der Waals surface area (Å²) in [6, 6.07) is 0. The average Bonchev–Trinajstić information content (AvgIpc) is 2.16. The molecule has 0 unspecified atom stereocenters. The Kier molecular flexibility index (Phi) is 5.88. The van der Waals surface area contributed by atoms with Gasteiger partial charge < -0.3 is 19.3 Å². The van der Waals surface area contributed by atoms with Crippen molar-refractivity contribution in [3.05, 3.63) is 0 Å². The number of carbonyl (C=O) groups excluding carboxylic acids is 1. The molecule has 0 spiro atoms. The third-order valence-electron chi connectivity index (χ3n) is 1.64. The first-order chi connectivity index (χ1) is 7.02. The number of esters is 1. The van der Waals surface area contributed by atoms with E-state index >= 15 is 0 Å². The van der Waals surface area contributed by atoms with Crippen molar-refractivity contribution < 1.29 is 28.9 Å². The number of carbonyl (C=O) groups is 2. The van der Waals surface area contributed by atoms with Crippen molar-refractivity contribution in [3.63, 3.8) is 0 Å². The van der Waals surface area contributed by atoms with Gasteiger partial charge >= 0.3 is 11.9 Å². The zero-order valence-electron chi connectivity index (χ0n) is 9.11. The van der Waals surface area contributed by atoms with Crippen LogP contribution in [0.3, 0.4) is 0 Å². The zero-order valence-corrected chi connectivity index (χ0v) is 9.11. The second kappa shape index (κ2) is 6.36. The van der Waals surface area contributed by atoms with E-state index < -0.39 is 24.1 Å². The van der Waals surface area contributed by atoms with Crippen LogP contribution in [0, 0.1) is 0 Å². The molecule has 88 valence electrons. The molecule has 15 heavy (non-hydrogen) atoms. The van der Waals surface area contributed by atoms with Crippen LogP contribution in [0.5, 0.6) is 0 Å². The largest absolute Gasteiger partial charge is 0.481 e. The van der Waals surface area contributed by atoms with Crippen LogP contribution in [0.4, 0.5) is 0 Å². The van der Waals surface area contributed by atoms with Gasteiger partial charge in [0.1, 0.15) is 6.42 Å². The molecule has 0 saturated heterocycles. The maximum absolute atomic E-state index is 11.4. The highest BCUT2D eigenvalue weighted by atomic mass is 16.7. The molecule has 6 nitrogen and oxygen atoms in total. The summed E-state index contributed by atoms with van der Waals surface area (Å²) in [5, 5.41) is 8.68. The van der Waals surface area contributed by atoms with Crippen LogP contribution in [-0.4, -0.2) is 43.2 Å². The first kappa shape index (κ1) is 13.9. The summed E-state index contributed by atoms with van der Waals surface area (Å²) >= 11 is 0. The lowest BCUT2D eigenvalue weighted by molar-refractivity contribution is -0.247. The molecule has 0 aromatic rings. The van der Waals surface area contributed by atoms with Gasteiger partial charge in [-0.25, -0.2) is 4.79 Å². The molecule has 0 aliphatic carbocycles. The van der Waals surface area contributed by atoms with Crippen LogP contribution in [0.15, 0.2) is 0 Å². The number of carboxylic acids is 1. The van der Waals surface area contributed by atoms with E-state index in [0.717, 1.165) is 7.11 Å². The molecule has 0 fully saturated rings. The highest BCUT2D eigenvalue weighted by Gasteiger charge is 2.44. The quantitative estimate of drug-likeness (QED) is 0.494. The lowest BCUT2D eigenvalue weighted by Gasteiger charge is -2.28. The van der Waals surface area contributed by atoms with Crippen LogP contribution in [0.2, 0.25) is 0 Å². The monoisotopic (exact) mass is 220 g/mol. The molecule has 0 aromatic carbocycles. The number of aliphatic carboxylic acids is 1. The minimum Gasteiger partial charge on any atom is -0.481 e. The van der Waals surface area contributed by atoms with Crippen LogP contribution < -0.4 is 0 Å². The van der Waals surface area contributed by atoms with Crippen molar-refractivity contribution >= 4 is 11.9 Å². The van der Waals surface area contributed by atoms with Crippen molar-refractivity contribution in [1.82, 2.24) is 0 Å². The molecule has 0 atom stereocenters. The third-order valence-corrected chi connectivity index (χ3v) is 1.64. The van der Waals surface area contributed by atoms with E-state index in [1.54, 1.807) is 13.8 Å². The lowest BCUT2D eigenvalue weighted by Crippen LogP contribution is -2.47. The number of hydrogen-bond donors (Lipinski definition) is 1. The first-order valence-electron chi connectivity index (χ1n) is 4.60. The molecule has 0 amide bonds. The zero-order chi connectivity index (χ0) is 11.9. The molecule has 0 aromatic heterocycles. The number of ether oxygens (including phenoxy) is 3. The van der Waals surface area contributed by atoms with Crippen LogP contribution >= 0.6 is 0 Å². The van der Waals surface area contributed by atoms with Gasteiger partial charge in [-0.05, 0) is 13.8 Å². The SMILES string of the molecule is CCOC(CC(=O)O)(OCC)C(=O)OC.